The normalized spacial score (nSPS) is 26.2. The van der Waals surface area contributed by atoms with Gasteiger partial charge in [0.25, 0.3) is 0 Å². The fourth-order valence-electron chi connectivity index (χ4n) is 2.32. The summed E-state index contributed by atoms with van der Waals surface area (Å²) in [4.78, 5) is 0. The molecule has 1 aliphatic heterocycles. The molecule has 3 heteroatoms. The average molecular weight is 218 g/mol. The van der Waals surface area contributed by atoms with Gasteiger partial charge in [0.1, 0.15) is 0 Å². The first-order valence-corrected chi connectivity index (χ1v) is 6.18. The highest BCUT2D eigenvalue weighted by molar-refractivity contribution is 7.13. The molecule has 0 bridgehead atoms. The molecule has 0 amide bonds. The number of hydrogen-bond donors (Lipinski definition) is 1. The highest BCUT2D eigenvalue weighted by atomic mass is 32.1. The van der Waals surface area contributed by atoms with Crippen LogP contribution in [-0.2, 0) is 0 Å². The van der Waals surface area contributed by atoms with Gasteiger partial charge in [0.15, 0.2) is 0 Å². The molecule has 2 atom stereocenters. The van der Waals surface area contributed by atoms with Crippen molar-refractivity contribution < 1.29 is 0 Å². The van der Waals surface area contributed by atoms with Crippen LogP contribution in [0.2, 0.25) is 0 Å². The molecule has 1 aliphatic rings. The number of nitrogens with one attached hydrogen (secondary N) is 1. The fourth-order valence-corrected chi connectivity index (χ4v) is 3.02. The smallest absolute Gasteiger partial charge is 0.0552 e. The largest absolute Gasteiger partial charge is 0.314 e. The second kappa shape index (κ2) is 3.58. The molecule has 2 nitrogen and oxygen atoms in total. The number of nitrogens with zero attached hydrogens (tertiary/aromatic N) is 1. The summed E-state index contributed by atoms with van der Waals surface area (Å²) in [5.74, 6) is 0.687. The van der Waals surface area contributed by atoms with E-state index in [1.54, 1.807) is 11.5 Å². The summed E-state index contributed by atoms with van der Waals surface area (Å²) in [5, 5.41) is 4.76. The minimum absolute atomic E-state index is 0.659. The third kappa shape index (κ3) is 1.66. The molecule has 0 radical (unpaired) electrons. The molecular weight excluding hydrogens is 204 g/mol. The quantitative estimate of drug-likeness (QED) is 0.796. The zero-order valence-corrected chi connectivity index (χ0v) is 9.55. The Kier molecular flexibility index (Phi) is 2.22. The van der Waals surface area contributed by atoms with E-state index in [-0.39, 0.29) is 0 Å². The molecule has 0 spiro atoms. The Balaban J connectivity index is 1.97. The van der Waals surface area contributed by atoms with Gasteiger partial charge in [-0.15, -0.1) is 0 Å². The highest BCUT2D eigenvalue weighted by Crippen LogP contribution is 2.29. The fraction of sp³-hybridized carbons (Fsp3) is 0.417. The van der Waals surface area contributed by atoms with E-state index in [2.05, 4.69) is 34.8 Å². The lowest BCUT2D eigenvalue weighted by atomic mass is 9.96. The number of hydrogen-bond acceptors (Lipinski definition) is 3. The van der Waals surface area contributed by atoms with Crippen molar-refractivity contribution in [3.63, 3.8) is 0 Å². The molecule has 78 valence electrons. The van der Waals surface area contributed by atoms with Crippen molar-refractivity contribution in [1.82, 2.24) is 9.69 Å². The van der Waals surface area contributed by atoms with Crippen LogP contribution in [0.5, 0.6) is 0 Å². The molecule has 3 rings (SSSR count). The van der Waals surface area contributed by atoms with Gasteiger partial charge in [-0.25, -0.2) is 0 Å². The number of aromatic nitrogens is 1. The standard InChI is InChI=1S/C12H14N2S/c1-8-4-11(6-13-8)9-2-3-10-7-14-15-12(10)5-9/h2-3,5,7-8,11,13H,4,6H2,1H3. The van der Waals surface area contributed by atoms with Crippen molar-refractivity contribution in [2.24, 2.45) is 0 Å². The monoisotopic (exact) mass is 218 g/mol. The molecule has 1 saturated heterocycles. The average Bonchev–Trinajstić information content (AvgIpc) is 2.84. The predicted molar refractivity (Wildman–Crippen MR) is 64.4 cm³/mol. The molecule has 1 aromatic heterocycles. The van der Waals surface area contributed by atoms with Crippen LogP contribution < -0.4 is 5.32 Å². The first-order chi connectivity index (χ1) is 7.33. The Morgan fingerprint density at radius 1 is 1.47 bits per heavy atom. The maximum absolute atomic E-state index is 4.21. The van der Waals surface area contributed by atoms with Crippen molar-refractivity contribution in [2.45, 2.75) is 25.3 Å². The zero-order valence-electron chi connectivity index (χ0n) is 8.73. The molecule has 1 aromatic carbocycles. The van der Waals surface area contributed by atoms with Gasteiger partial charge >= 0.3 is 0 Å². The first kappa shape index (κ1) is 9.31. The zero-order chi connectivity index (χ0) is 10.3. The summed E-state index contributed by atoms with van der Waals surface area (Å²) in [5.41, 5.74) is 1.46. The van der Waals surface area contributed by atoms with Crippen molar-refractivity contribution in [2.75, 3.05) is 6.54 Å². The summed E-state index contributed by atoms with van der Waals surface area (Å²) in [6, 6.07) is 7.41. The number of fused-ring (bicyclic) bond motifs is 1. The molecular formula is C12H14N2S. The second-order valence-corrected chi connectivity index (χ2v) is 5.20. The van der Waals surface area contributed by atoms with Gasteiger partial charge in [0, 0.05) is 24.2 Å². The molecule has 2 aromatic rings. The van der Waals surface area contributed by atoms with Crippen LogP contribution in [-0.4, -0.2) is 17.0 Å². The predicted octanol–water partition coefficient (Wildman–Crippen LogP) is 2.76. The van der Waals surface area contributed by atoms with Gasteiger partial charge in [-0.3, -0.25) is 0 Å². The minimum atomic E-state index is 0.659. The third-order valence-electron chi connectivity index (χ3n) is 3.20. The SMILES string of the molecule is CC1CC(c2ccc3cnsc3c2)CN1. The third-order valence-corrected chi connectivity index (χ3v) is 3.96. The van der Waals surface area contributed by atoms with Crippen LogP contribution >= 0.6 is 11.5 Å². The Bertz CT molecular complexity index is 477. The Hall–Kier alpha value is -0.930. The van der Waals surface area contributed by atoms with E-state index in [1.807, 2.05) is 6.20 Å². The topological polar surface area (TPSA) is 24.9 Å². The highest BCUT2D eigenvalue weighted by Gasteiger charge is 2.22. The first-order valence-electron chi connectivity index (χ1n) is 5.40. The second-order valence-electron chi connectivity index (χ2n) is 4.36. The maximum Gasteiger partial charge on any atom is 0.0552 e. The maximum atomic E-state index is 4.21. The summed E-state index contributed by atoms with van der Waals surface area (Å²) >= 11 is 1.59. The van der Waals surface area contributed by atoms with E-state index in [0.717, 1.165) is 6.54 Å². The lowest BCUT2D eigenvalue weighted by Crippen LogP contribution is -2.16. The van der Waals surface area contributed by atoms with E-state index >= 15 is 0 Å². The lowest BCUT2D eigenvalue weighted by Gasteiger charge is -2.08. The van der Waals surface area contributed by atoms with E-state index in [0.29, 0.717) is 12.0 Å². The summed E-state index contributed by atoms with van der Waals surface area (Å²) in [6.07, 6.45) is 3.20. The Morgan fingerprint density at radius 2 is 2.40 bits per heavy atom. The lowest BCUT2D eigenvalue weighted by molar-refractivity contribution is 0.658. The molecule has 1 N–H and O–H groups in total. The Morgan fingerprint density at radius 3 is 3.20 bits per heavy atom. The summed E-state index contributed by atoms with van der Waals surface area (Å²) in [7, 11) is 0. The van der Waals surface area contributed by atoms with Crippen LogP contribution in [0.25, 0.3) is 10.1 Å². The van der Waals surface area contributed by atoms with Crippen LogP contribution in [0, 0.1) is 0 Å². The summed E-state index contributed by atoms with van der Waals surface area (Å²) in [6.45, 7) is 3.37. The van der Waals surface area contributed by atoms with Gasteiger partial charge in [-0.05, 0) is 42.4 Å². The molecule has 0 aliphatic carbocycles. The van der Waals surface area contributed by atoms with E-state index in [1.165, 1.54) is 22.1 Å². The van der Waals surface area contributed by atoms with E-state index < -0.39 is 0 Å². The minimum Gasteiger partial charge on any atom is -0.314 e. The van der Waals surface area contributed by atoms with Gasteiger partial charge in [-0.1, -0.05) is 12.1 Å². The van der Waals surface area contributed by atoms with Gasteiger partial charge in [0.05, 0.1) is 4.70 Å². The molecule has 2 unspecified atom stereocenters. The van der Waals surface area contributed by atoms with Gasteiger partial charge < -0.3 is 5.32 Å². The van der Waals surface area contributed by atoms with E-state index in [9.17, 15) is 0 Å². The van der Waals surface area contributed by atoms with Crippen molar-refractivity contribution >= 4 is 21.6 Å². The summed E-state index contributed by atoms with van der Waals surface area (Å²) < 4.78 is 5.52. The van der Waals surface area contributed by atoms with Gasteiger partial charge in [-0.2, -0.15) is 4.37 Å². The van der Waals surface area contributed by atoms with Crippen molar-refractivity contribution in [3.8, 4) is 0 Å². The number of rotatable bonds is 1. The van der Waals surface area contributed by atoms with Crippen LogP contribution in [0.4, 0.5) is 0 Å². The van der Waals surface area contributed by atoms with Crippen molar-refractivity contribution in [3.05, 3.63) is 30.0 Å². The molecule has 15 heavy (non-hydrogen) atoms. The van der Waals surface area contributed by atoms with E-state index in [4.69, 9.17) is 0 Å². The molecule has 2 heterocycles. The van der Waals surface area contributed by atoms with Gasteiger partial charge in [0.2, 0.25) is 0 Å². The van der Waals surface area contributed by atoms with Crippen LogP contribution in [0.3, 0.4) is 0 Å². The number of benzene rings is 1. The Labute approximate surface area is 93.5 Å². The van der Waals surface area contributed by atoms with Crippen LogP contribution in [0.15, 0.2) is 24.4 Å². The van der Waals surface area contributed by atoms with Crippen molar-refractivity contribution in [1.29, 1.82) is 0 Å². The molecule has 1 fully saturated rings. The molecule has 0 saturated carbocycles. The van der Waals surface area contributed by atoms with Crippen LogP contribution in [0.1, 0.15) is 24.8 Å².